The van der Waals surface area contributed by atoms with Gasteiger partial charge >= 0.3 is 0 Å². The van der Waals surface area contributed by atoms with Crippen LogP contribution in [-0.2, 0) is 0 Å². The molecule has 3 aromatic heterocycles. The van der Waals surface area contributed by atoms with Crippen LogP contribution in [-0.4, -0.2) is 19.1 Å². The van der Waals surface area contributed by atoms with E-state index in [2.05, 4.69) is 118 Å². The van der Waals surface area contributed by atoms with Gasteiger partial charge in [0.05, 0.1) is 27.9 Å². The van der Waals surface area contributed by atoms with Crippen molar-refractivity contribution in [1.82, 2.24) is 19.1 Å². The largest absolute Gasteiger partial charge is 0.317 e. The topological polar surface area (TPSA) is 35.6 Å². The molecule has 0 aliphatic heterocycles. The Bertz CT molecular complexity index is 2100. The molecule has 0 spiro atoms. The molecule has 0 saturated carbocycles. The van der Waals surface area contributed by atoms with E-state index in [1.807, 2.05) is 36.4 Å². The smallest absolute Gasteiger partial charge is 0.235 e. The molecule has 0 N–H and O–H groups in total. The van der Waals surface area contributed by atoms with Gasteiger partial charge in [0, 0.05) is 33.8 Å². The Kier molecular flexibility index (Phi) is 5.10. The van der Waals surface area contributed by atoms with E-state index in [0.29, 0.717) is 5.95 Å². The maximum atomic E-state index is 5.13. The Morgan fingerprint density at radius 2 is 1.05 bits per heavy atom. The highest BCUT2D eigenvalue weighted by Gasteiger charge is 2.17. The second kappa shape index (κ2) is 9.07. The molecule has 4 heteroatoms. The number of hydrogen-bond donors (Lipinski definition) is 0. The fourth-order valence-electron chi connectivity index (χ4n) is 5.68. The highest BCUT2D eigenvalue weighted by molar-refractivity contribution is 6.09. The van der Waals surface area contributed by atoms with Crippen molar-refractivity contribution in [2.75, 3.05) is 0 Å². The molecule has 0 bridgehead atoms. The molecule has 40 heavy (non-hydrogen) atoms. The molecule has 4 nitrogen and oxygen atoms in total. The first kappa shape index (κ1) is 22.5. The summed E-state index contributed by atoms with van der Waals surface area (Å²) in [4.78, 5) is 10.3. The second-order valence-electron chi connectivity index (χ2n) is 9.97. The third-order valence-electron chi connectivity index (χ3n) is 7.59. The van der Waals surface area contributed by atoms with Crippen LogP contribution in [0.5, 0.6) is 0 Å². The average molecular weight is 513 g/mol. The third kappa shape index (κ3) is 3.62. The van der Waals surface area contributed by atoms with E-state index in [1.165, 1.54) is 21.7 Å². The lowest BCUT2D eigenvalue weighted by Crippen LogP contribution is -2.04. The van der Waals surface area contributed by atoms with Crippen LogP contribution >= 0.6 is 0 Å². The van der Waals surface area contributed by atoms with E-state index in [1.54, 1.807) is 0 Å². The number of para-hydroxylation sites is 2. The summed E-state index contributed by atoms with van der Waals surface area (Å²) in [7, 11) is 0. The normalized spacial score (nSPS) is 11.5. The zero-order valence-corrected chi connectivity index (χ0v) is 21.6. The number of fused-ring (bicyclic) bond motifs is 4. The predicted octanol–water partition coefficient (Wildman–Crippen LogP) is 8.85. The van der Waals surface area contributed by atoms with Crippen molar-refractivity contribution < 1.29 is 0 Å². The van der Waals surface area contributed by atoms with Crippen LogP contribution in [0.25, 0.3) is 66.9 Å². The SMILES string of the molecule is c1ccc(-c2cc(-c3ccccc3)nc(-n3c4ccccc4c4cc(-n5ccc6ccccc65)ccc43)n2)cc1. The Morgan fingerprint density at radius 1 is 0.450 bits per heavy atom. The zero-order chi connectivity index (χ0) is 26.5. The van der Waals surface area contributed by atoms with E-state index in [0.717, 1.165) is 39.2 Å². The minimum absolute atomic E-state index is 0.658. The average Bonchev–Trinajstić information content (AvgIpc) is 3.61. The highest BCUT2D eigenvalue weighted by Crippen LogP contribution is 2.34. The van der Waals surface area contributed by atoms with Crippen molar-refractivity contribution in [3.63, 3.8) is 0 Å². The third-order valence-corrected chi connectivity index (χ3v) is 7.59. The van der Waals surface area contributed by atoms with Gasteiger partial charge in [-0.2, -0.15) is 0 Å². The van der Waals surface area contributed by atoms with E-state index in [9.17, 15) is 0 Å². The maximum absolute atomic E-state index is 5.13. The molecule has 0 radical (unpaired) electrons. The molecule has 0 atom stereocenters. The van der Waals surface area contributed by atoms with Gasteiger partial charge in [0.25, 0.3) is 0 Å². The number of nitrogens with zero attached hydrogens (tertiary/aromatic N) is 4. The summed E-state index contributed by atoms with van der Waals surface area (Å²) in [5.41, 5.74) is 8.38. The van der Waals surface area contributed by atoms with Crippen LogP contribution in [0.1, 0.15) is 0 Å². The van der Waals surface area contributed by atoms with Gasteiger partial charge in [-0.05, 0) is 47.9 Å². The molecule has 0 aliphatic carbocycles. The standard InChI is InChI=1S/C36H24N4/c1-3-11-25(12-4-1)31-24-32(26-13-5-2-6-14-26)38-36(37-31)40-34-18-10-8-16-29(34)30-23-28(19-20-35(30)40)39-22-21-27-15-7-9-17-33(27)39/h1-24H. The fourth-order valence-corrected chi connectivity index (χ4v) is 5.68. The molecule has 0 unspecified atom stereocenters. The molecule has 0 fully saturated rings. The van der Waals surface area contributed by atoms with Gasteiger partial charge in [0.15, 0.2) is 0 Å². The maximum Gasteiger partial charge on any atom is 0.235 e. The van der Waals surface area contributed by atoms with E-state index in [-0.39, 0.29) is 0 Å². The summed E-state index contributed by atoms with van der Waals surface area (Å²) in [5.74, 6) is 0.658. The minimum atomic E-state index is 0.658. The Balaban J connectivity index is 1.39. The molecule has 0 saturated heterocycles. The number of benzene rings is 5. The molecule has 188 valence electrons. The lowest BCUT2D eigenvalue weighted by atomic mass is 10.1. The van der Waals surface area contributed by atoms with Gasteiger partial charge in [0.1, 0.15) is 0 Å². The summed E-state index contributed by atoms with van der Waals surface area (Å²) in [6, 6.07) is 48.5. The van der Waals surface area contributed by atoms with Crippen LogP contribution in [0.4, 0.5) is 0 Å². The van der Waals surface area contributed by atoms with Crippen molar-refractivity contribution in [3.8, 4) is 34.2 Å². The van der Waals surface area contributed by atoms with Gasteiger partial charge in [-0.3, -0.25) is 4.57 Å². The first-order chi connectivity index (χ1) is 19.8. The molecule has 3 heterocycles. The minimum Gasteiger partial charge on any atom is -0.317 e. The lowest BCUT2D eigenvalue weighted by molar-refractivity contribution is 0.995. The Hall–Kier alpha value is -5.48. The van der Waals surface area contributed by atoms with Crippen molar-refractivity contribution in [2.24, 2.45) is 0 Å². The predicted molar refractivity (Wildman–Crippen MR) is 164 cm³/mol. The molecular weight excluding hydrogens is 488 g/mol. The summed E-state index contributed by atoms with van der Waals surface area (Å²) in [6.07, 6.45) is 2.14. The van der Waals surface area contributed by atoms with Gasteiger partial charge in [0.2, 0.25) is 5.95 Å². The first-order valence-electron chi connectivity index (χ1n) is 13.4. The first-order valence-corrected chi connectivity index (χ1v) is 13.4. The summed E-state index contributed by atoms with van der Waals surface area (Å²) < 4.78 is 4.45. The van der Waals surface area contributed by atoms with Crippen molar-refractivity contribution in [2.45, 2.75) is 0 Å². The van der Waals surface area contributed by atoms with E-state index < -0.39 is 0 Å². The van der Waals surface area contributed by atoms with E-state index >= 15 is 0 Å². The molecule has 0 aliphatic rings. The summed E-state index contributed by atoms with van der Waals surface area (Å²) >= 11 is 0. The van der Waals surface area contributed by atoms with Crippen LogP contribution in [0, 0.1) is 0 Å². The Labute approximate surface area is 231 Å². The number of aromatic nitrogens is 4. The molecular formula is C36H24N4. The summed E-state index contributed by atoms with van der Waals surface area (Å²) in [6.45, 7) is 0. The monoisotopic (exact) mass is 512 g/mol. The lowest BCUT2D eigenvalue weighted by Gasteiger charge is -2.12. The molecule has 8 aromatic rings. The zero-order valence-electron chi connectivity index (χ0n) is 21.6. The van der Waals surface area contributed by atoms with Crippen molar-refractivity contribution >= 4 is 32.7 Å². The second-order valence-corrected chi connectivity index (χ2v) is 9.97. The van der Waals surface area contributed by atoms with Gasteiger partial charge in [-0.15, -0.1) is 0 Å². The molecule has 5 aromatic carbocycles. The quantitative estimate of drug-likeness (QED) is 0.236. The Morgan fingerprint density at radius 3 is 1.77 bits per heavy atom. The fraction of sp³-hybridized carbons (Fsp3) is 0. The number of rotatable bonds is 4. The highest BCUT2D eigenvalue weighted by atomic mass is 15.2. The van der Waals surface area contributed by atoms with Gasteiger partial charge in [-0.25, -0.2) is 9.97 Å². The molecule has 8 rings (SSSR count). The van der Waals surface area contributed by atoms with Crippen LogP contribution in [0.15, 0.2) is 146 Å². The van der Waals surface area contributed by atoms with Gasteiger partial charge < -0.3 is 4.57 Å². The number of hydrogen-bond acceptors (Lipinski definition) is 2. The van der Waals surface area contributed by atoms with Crippen molar-refractivity contribution in [3.05, 3.63) is 146 Å². The van der Waals surface area contributed by atoms with Crippen molar-refractivity contribution in [1.29, 1.82) is 0 Å². The van der Waals surface area contributed by atoms with Crippen LogP contribution in [0.2, 0.25) is 0 Å². The van der Waals surface area contributed by atoms with Crippen LogP contribution < -0.4 is 0 Å². The molecule has 0 amide bonds. The summed E-state index contributed by atoms with van der Waals surface area (Å²) in [5, 5.41) is 3.57. The van der Waals surface area contributed by atoms with E-state index in [4.69, 9.17) is 9.97 Å². The van der Waals surface area contributed by atoms with Crippen LogP contribution in [0.3, 0.4) is 0 Å². The van der Waals surface area contributed by atoms with Gasteiger partial charge in [-0.1, -0.05) is 97.1 Å².